The van der Waals surface area contributed by atoms with Crippen molar-refractivity contribution >= 4 is 49.4 Å². The van der Waals surface area contributed by atoms with Crippen LogP contribution in [0.4, 0.5) is 10.5 Å². The summed E-state index contributed by atoms with van der Waals surface area (Å²) in [5.74, 6) is 0.718. The van der Waals surface area contributed by atoms with Gasteiger partial charge in [-0.2, -0.15) is 0 Å². The third kappa shape index (κ3) is 3.00. The highest BCUT2D eigenvalue weighted by atomic mass is 35.5. The number of aryl methyl sites for hydroxylation is 1. The Bertz CT molecular complexity index is 845. The van der Waals surface area contributed by atoms with E-state index in [1.807, 2.05) is 25.1 Å². The maximum atomic E-state index is 11.3. The molecule has 0 fully saturated rings. The SMILES string of the molecule is CCc1cc2[nH]c(-c3ccc(Cl)nc3)nc2cc1N[C](=O)[Al]. The van der Waals surface area contributed by atoms with E-state index in [0.717, 1.165) is 40.1 Å². The summed E-state index contributed by atoms with van der Waals surface area (Å²) in [7, 11) is 0. The Labute approximate surface area is 140 Å². The van der Waals surface area contributed by atoms with Crippen molar-refractivity contribution in [2.24, 2.45) is 0 Å². The Hall–Kier alpha value is -1.87. The molecule has 0 saturated heterocycles. The van der Waals surface area contributed by atoms with E-state index in [0.29, 0.717) is 5.15 Å². The van der Waals surface area contributed by atoms with Crippen molar-refractivity contribution in [1.29, 1.82) is 0 Å². The first kappa shape index (κ1) is 15.0. The largest absolute Gasteiger partial charge is 0.344 e. The van der Waals surface area contributed by atoms with Gasteiger partial charge in [-0.3, -0.25) is 0 Å². The molecule has 2 N–H and O–H groups in total. The number of pyridine rings is 1. The smallest absolute Gasteiger partial charge is 0.281 e. The number of amides is 1. The van der Waals surface area contributed by atoms with Gasteiger partial charge >= 0.3 is 0 Å². The highest BCUT2D eigenvalue weighted by molar-refractivity contribution is 6.60. The first-order valence-electron chi connectivity index (χ1n) is 6.78. The van der Waals surface area contributed by atoms with Crippen LogP contribution in [-0.4, -0.2) is 36.0 Å². The van der Waals surface area contributed by atoms with E-state index in [2.05, 4.69) is 36.6 Å². The van der Waals surface area contributed by atoms with E-state index in [9.17, 15) is 4.79 Å². The van der Waals surface area contributed by atoms with Crippen molar-refractivity contribution in [1.82, 2.24) is 15.0 Å². The minimum atomic E-state index is -0.174. The van der Waals surface area contributed by atoms with E-state index >= 15 is 0 Å². The average Bonchev–Trinajstić information content (AvgIpc) is 2.89. The van der Waals surface area contributed by atoms with Gasteiger partial charge in [0, 0.05) is 17.4 Å². The molecule has 7 heteroatoms. The number of benzene rings is 1. The van der Waals surface area contributed by atoms with Crippen molar-refractivity contribution < 1.29 is 4.79 Å². The summed E-state index contributed by atoms with van der Waals surface area (Å²) in [6, 6.07) is 7.46. The Morgan fingerprint density at radius 1 is 1.41 bits per heavy atom. The van der Waals surface area contributed by atoms with E-state index < -0.39 is 0 Å². The van der Waals surface area contributed by atoms with Crippen molar-refractivity contribution in [3.63, 3.8) is 0 Å². The fourth-order valence-corrected chi connectivity index (χ4v) is 2.56. The molecule has 0 saturated carbocycles. The summed E-state index contributed by atoms with van der Waals surface area (Å²) < 4.78 is -0.174. The first-order valence-corrected chi connectivity index (χ1v) is 7.73. The van der Waals surface area contributed by atoms with Gasteiger partial charge in [-0.05, 0) is 36.2 Å². The lowest BCUT2D eigenvalue weighted by molar-refractivity contribution is 0.269. The van der Waals surface area contributed by atoms with Gasteiger partial charge in [-0.25, -0.2) is 9.97 Å². The maximum Gasteiger partial charge on any atom is 0.281 e. The molecule has 2 aromatic heterocycles. The number of anilines is 1. The molecule has 0 aliphatic heterocycles. The molecule has 108 valence electrons. The highest BCUT2D eigenvalue weighted by Crippen LogP contribution is 2.26. The van der Waals surface area contributed by atoms with Crippen LogP contribution in [0.2, 0.25) is 5.15 Å². The number of carbonyl (C=O) groups excluding carboxylic acids is 1. The molecular formula is C15H12AlClN4O. The zero-order chi connectivity index (χ0) is 15.7. The van der Waals surface area contributed by atoms with Gasteiger partial charge in [0.1, 0.15) is 15.7 Å². The first-order chi connectivity index (χ1) is 10.6. The number of hydrogen-bond acceptors (Lipinski definition) is 3. The number of carbonyl (C=O) groups is 1. The highest BCUT2D eigenvalue weighted by Gasteiger charge is 2.10. The van der Waals surface area contributed by atoms with Gasteiger partial charge < -0.3 is 15.1 Å². The van der Waals surface area contributed by atoms with Crippen LogP contribution in [-0.2, 0) is 6.42 Å². The van der Waals surface area contributed by atoms with E-state index in [4.69, 9.17) is 11.6 Å². The lowest BCUT2D eigenvalue weighted by Gasteiger charge is -2.08. The fourth-order valence-electron chi connectivity index (χ4n) is 2.30. The number of nitrogens with one attached hydrogen (secondary N) is 2. The molecule has 3 rings (SSSR count). The fraction of sp³-hybridized carbons (Fsp3) is 0.133. The minimum Gasteiger partial charge on any atom is -0.344 e. The van der Waals surface area contributed by atoms with Crippen molar-refractivity contribution in [2.45, 2.75) is 13.3 Å². The molecule has 0 atom stereocenters. The van der Waals surface area contributed by atoms with Crippen LogP contribution >= 0.6 is 11.6 Å². The Morgan fingerprint density at radius 3 is 2.86 bits per heavy atom. The Morgan fingerprint density at radius 2 is 2.23 bits per heavy atom. The van der Waals surface area contributed by atoms with Gasteiger partial charge in [0.25, 0.3) is 16.3 Å². The standard InChI is InChI=1S/C15H12ClN4O.Al/c1-2-9-5-12-13(6-11(9)18-8-21)20-15(19-12)10-3-4-14(16)17-7-10;/h3-7H,2H2,1H3,(H,18,21)(H,19,20);. The number of hydrogen-bond donors (Lipinski definition) is 2. The predicted octanol–water partition coefficient (Wildman–Crippen LogP) is 3.54. The summed E-state index contributed by atoms with van der Waals surface area (Å²) in [5.41, 5.74) is 4.39. The summed E-state index contributed by atoms with van der Waals surface area (Å²) in [6.45, 7) is 2.04. The second-order valence-electron chi connectivity index (χ2n) is 4.82. The molecule has 5 nitrogen and oxygen atoms in total. The van der Waals surface area contributed by atoms with Crippen LogP contribution in [0.5, 0.6) is 0 Å². The molecule has 2 radical (unpaired) electrons. The molecule has 0 aliphatic carbocycles. The van der Waals surface area contributed by atoms with Gasteiger partial charge in [0.05, 0.1) is 11.0 Å². The molecule has 22 heavy (non-hydrogen) atoms. The third-order valence-electron chi connectivity index (χ3n) is 3.35. The number of fused-ring (bicyclic) bond motifs is 1. The minimum absolute atomic E-state index is 0.174. The maximum absolute atomic E-state index is 11.3. The molecule has 3 aromatic rings. The zero-order valence-corrected chi connectivity index (χ0v) is 13.8. The molecular weight excluding hydrogens is 315 g/mol. The number of imidazole rings is 1. The summed E-state index contributed by atoms with van der Waals surface area (Å²) in [4.78, 5) is 23.2. The number of rotatable bonds is 3. The molecule has 0 spiro atoms. The van der Waals surface area contributed by atoms with Gasteiger partial charge in [0.15, 0.2) is 0 Å². The van der Waals surface area contributed by atoms with E-state index in [1.165, 1.54) is 0 Å². The van der Waals surface area contributed by atoms with Crippen LogP contribution in [0.25, 0.3) is 22.4 Å². The second-order valence-corrected chi connectivity index (χ2v) is 5.74. The van der Waals surface area contributed by atoms with Crippen LogP contribution in [0.1, 0.15) is 12.5 Å². The number of aromatic nitrogens is 3. The van der Waals surface area contributed by atoms with Crippen LogP contribution in [0, 0.1) is 0 Å². The number of H-pyrrole nitrogens is 1. The van der Waals surface area contributed by atoms with E-state index in [1.54, 1.807) is 12.3 Å². The summed E-state index contributed by atoms with van der Waals surface area (Å²) >= 11 is 7.92. The van der Waals surface area contributed by atoms with Gasteiger partial charge in [-0.15, -0.1) is 0 Å². The third-order valence-corrected chi connectivity index (χ3v) is 3.71. The normalized spacial score (nSPS) is 10.8. The van der Waals surface area contributed by atoms with Crippen LogP contribution < -0.4 is 5.32 Å². The zero-order valence-electron chi connectivity index (χ0n) is 11.9. The molecule has 0 bridgehead atoms. The molecule has 1 aromatic carbocycles. The predicted molar refractivity (Wildman–Crippen MR) is 88.5 cm³/mol. The van der Waals surface area contributed by atoms with Gasteiger partial charge in [-0.1, -0.05) is 18.5 Å². The number of nitrogens with zero attached hydrogens (tertiary/aromatic N) is 2. The number of aromatic amines is 1. The summed E-state index contributed by atoms with van der Waals surface area (Å²) in [5, 5.41) is 3.26. The lowest BCUT2D eigenvalue weighted by Crippen LogP contribution is -2.10. The lowest BCUT2D eigenvalue weighted by atomic mass is 10.1. The summed E-state index contributed by atoms with van der Waals surface area (Å²) in [6.07, 6.45) is 2.49. The van der Waals surface area contributed by atoms with E-state index in [-0.39, 0.29) is 4.77 Å². The monoisotopic (exact) mass is 326 g/mol. The molecule has 1 amide bonds. The van der Waals surface area contributed by atoms with Crippen LogP contribution in [0.3, 0.4) is 0 Å². The van der Waals surface area contributed by atoms with Crippen molar-refractivity contribution in [2.75, 3.05) is 5.32 Å². The molecule has 0 unspecified atom stereocenters. The van der Waals surface area contributed by atoms with Gasteiger partial charge in [0.2, 0.25) is 0 Å². The van der Waals surface area contributed by atoms with Crippen LogP contribution in [0.15, 0.2) is 30.5 Å². The topological polar surface area (TPSA) is 70.7 Å². The molecule has 0 aliphatic rings. The Kier molecular flexibility index (Phi) is 4.17. The Balaban J connectivity index is 2.09. The quantitative estimate of drug-likeness (QED) is 0.571. The van der Waals surface area contributed by atoms with Crippen molar-refractivity contribution in [3.8, 4) is 11.4 Å². The van der Waals surface area contributed by atoms with Crippen molar-refractivity contribution in [3.05, 3.63) is 41.2 Å². The number of halogens is 1. The second kappa shape index (κ2) is 6.09. The molecule has 2 heterocycles. The average molecular weight is 327 g/mol.